The number of aliphatic imine (C=N–C) groups is 2. The number of rotatable bonds is 13. The summed E-state index contributed by atoms with van der Waals surface area (Å²) in [7, 11) is 1.62. The predicted molar refractivity (Wildman–Crippen MR) is 181 cm³/mol. The molecule has 0 atom stereocenters. The van der Waals surface area contributed by atoms with Crippen LogP contribution in [0.3, 0.4) is 0 Å². The molecule has 0 unspecified atom stereocenters. The largest absolute Gasteiger partial charge is 2.00 e. The average molecular weight is 692 g/mol. The van der Waals surface area contributed by atoms with E-state index < -0.39 is 11.9 Å². The summed E-state index contributed by atoms with van der Waals surface area (Å²) >= 11 is 0. The summed E-state index contributed by atoms with van der Waals surface area (Å²) in [6, 6.07) is 13.8. The molecule has 0 fully saturated rings. The van der Waals surface area contributed by atoms with Gasteiger partial charge in [-0.25, -0.2) is 0 Å². The quantitative estimate of drug-likeness (QED) is 0.211. The van der Waals surface area contributed by atoms with Crippen LogP contribution in [-0.2, 0) is 52.1 Å². The standard InChI is InChI=1S/C33H42N2O3.2C2H4O2.Co/c1-6-10-23-16-25(12-8-3)32(36)27(18-23)21-34-30-15-14-29(38-5)20-31(30)35-22-28-19-24(11-7-2)17-26(13-9-4)33(28)37;2*1-2(3)4;/h14-22,36-37H,6-13H2,1-5H3;2*1H3,(H,3,4);/q;;;+2/p-2. The van der Waals surface area contributed by atoms with Gasteiger partial charge in [0, 0.05) is 41.6 Å². The van der Waals surface area contributed by atoms with Crippen molar-refractivity contribution >= 4 is 35.7 Å². The van der Waals surface area contributed by atoms with Crippen LogP contribution in [0.15, 0.2) is 52.4 Å². The van der Waals surface area contributed by atoms with Crippen molar-refractivity contribution in [1.82, 2.24) is 0 Å². The van der Waals surface area contributed by atoms with E-state index in [4.69, 9.17) is 34.5 Å². The second kappa shape index (κ2) is 23.2. The Morgan fingerprint density at radius 2 is 1.06 bits per heavy atom. The number of carbonyl (C=O) groups is 2. The van der Waals surface area contributed by atoms with Gasteiger partial charge in [-0.15, -0.1) is 0 Å². The number of phenolic OH excluding ortho intramolecular Hbond substituents is 2. The Balaban J connectivity index is 0.00000211. The van der Waals surface area contributed by atoms with E-state index in [1.807, 2.05) is 30.3 Å². The Morgan fingerprint density at radius 1 is 0.681 bits per heavy atom. The first-order valence-corrected chi connectivity index (χ1v) is 15.7. The van der Waals surface area contributed by atoms with Crippen LogP contribution in [0.25, 0.3) is 0 Å². The van der Waals surface area contributed by atoms with E-state index in [1.165, 1.54) is 11.1 Å². The fraction of sp³-hybridized carbons (Fsp3) is 0.405. The zero-order chi connectivity index (χ0) is 34.6. The average Bonchev–Trinajstić information content (AvgIpc) is 2.99. The summed E-state index contributed by atoms with van der Waals surface area (Å²) < 4.78 is 5.44. The van der Waals surface area contributed by atoms with E-state index in [1.54, 1.807) is 19.5 Å². The summed E-state index contributed by atoms with van der Waals surface area (Å²) in [4.78, 5) is 27.2. The topological polar surface area (TPSA) is 155 Å². The van der Waals surface area contributed by atoms with Gasteiger partial charge in [0.2, 0.25) is 0 Å². The number of benzene rings is 3. The molecule has 10 heteroatoms. The molecular formula is C37H48CoN2O7. The van der Waals surface area contributed by atoms with Crippen LogP contribution in [0.5, 0.6) is 17.2 Å². The van der Waals surface area contributed by atoms with Crippen molar-refractivity contribution in [1.29, 1.82) is 0 Å². The van der Waals surface area contributed by atoms with E-state index in [-0.39, 0.29) is 28.3 Å². The Hall–Kier alpha value is -4.15. The minimum absolute atomic E-state index is 0. The number of phenols is 2. The third-order valence-electron chi connectivity index (χ3n) is 6.54. The van der Waals surface area contributed by atoms with Gasteiger partial charge in [0.05, 0.1) is 18.5 Å². The minimum Gasteiger partial charge on any atom is -0.550 e. The molecule has 3 aromatic rings. The third kappa shape index (κ3) is 15.8. The number of ether oxygens (including phenoxy) is 1. The molecule has 1 radical (unpaired) electrons. The Labute approximate surface area is 289 Å². The van der Waals surface area contributed by atoms with E-state index in [2.05, 4.69) is 39.8 Å². The molecule has 0 saturated carbocycles. The molecule has 0 heterocycles. The van der Waals surface area contributed by atoms with Gasteiger partial charge < -0.3 is 34.8 Å². The Kier molecular flexibility index (Phi) is 21.2. The second-order valence-corrected chi connectivity index (χ2v) is 10.7. The van der Waals surface area contributed by atoms with Crippen LogP contribution >= 0.6 is 0 Å². The van der Waals surface area contributed by atoms with Crippen molar-refractivity contribution in [2.24, 2.45) is 9.98 Å². The molecule has 9 nitrogen and oxygen atoms in total. The number of carbonyl (C=O) groups excluding carboxylic acids is 2. The summed E-state index contributed by atoms with van der Waals surface area (Å²) in [5.74, 6) is -0.926. The molecule has 3 aromatic carbocycles. The van der Waals surface area contributed by atoms with Gasteiger partial charge in [-0.2, -0.15) is 0 Å². The third-order valence-corrected chi connectivity index (χ3v) is 6.54. The molecule has 0 saturated heterocycles. The monoisotopic (exact) mass is 691 g/mol. The number of nitrogens with zero attached hydrogens (tertiary/aromatic N) is 2. The van der Waals surface area contributed by atoms with Gasteiger partial charge in [0.1, 0.15) is 17.2 Å². The maximum Gasteiger partial charge on any atom is 2.00 e. The molecular weight excluding hydrogens is 643 g/mol. The van der Waals surface area contributed by atoms with Crippen LogP contribution in [0, 0.1) is 0 Å². The number of aliphatic carboxylic acids is 2. The van der Waals surface area contributed by atoms with Gasteiger partial charge in [0.25, 0.3) is 0 Å². The van der Waals surface area contributed by atoms with Crippen LogP contribution in [-0.4, -0.2) is 41.7 Å². The van der Waals surface area contributed by atoms with Crippen molar-refractivity contribution < 1.29 is 51.5 Å². The predicted octanol–water partition coefficient (Wildman–Crippen LogP) is 5.93. The number of aryl methyl sites for hydroxylation is 4. The van der Waals surface area contributed by atoms with Crippen LogP contribution in [0.1, 0.15) is 101 Å². The van der Waals surface area contributed by atoms with Crippen LogP contribution < -0.4 is 14.9 Å². The van der Waals surface area contributed by atoms with Crippen molar-refractivity contribution in [2.75, 3.05) is 7.11 Å². The molecule has 0 amide bonds. The molecule has 2 N–H and O–H groups in total. The summed E-state index contributed by atoms with van der Waals surface area (Å²) in [6.45, 7) is 10.5. The molecule has 0 spiro atoms. The number of aromatic hydroxyl groups is 2. The van der Waals surface area contributed by atoms with Gasteiger partial charge in [-0.05, 0) is 86.1 Å². The maximum absolute atomic E-state index is 10.9. The number of hydrogen-bond donors (Lipinski definition) is 2. The molecule has 0 aliphatic heterocycles. The molecule has 257 valence electrons. The number of carboxylic acids is 2. The van der Waals surface area contributed by atoms with Crippen LogP contribution in [0.2, 0.25) is 0 Å². The SMILES string of the molecule is CC(=O)[O-].CC(=O)[O-].CCCc1cc(C=Nc2ccc(OC)cc2N=Cc2cc(CCC)cc(CCC)c2O)c(O)c(CCC)c1.[Co+2]. The molecule has 0 aromatic heterocycles. The van der Waals surface area contributed by atoms with Gasteiger partial charge in [-0.1, -0.05) is 65.5 Å². The summed E-state index contributed by atoms with van der Waals surface area (Å²) in [6.07, 6.45) is 11.0. The van der Waals surface area contributed by atoms with Crippen molar-refractivity contribution in [3.05, 3.63) is 75.8 Å². The fourth-order valence-electron chi connectivity index (χ4n) is 4.68. The van der Waals surface area contributed by atoms with Crippen molar-refractivity contribution in [2.45, 2.75) is 92.9 Å². The number of methoxy groups -OCH3 is 1. The molecule has 3 rings (SSSR count). The fourth-order valence-corrected chi connectivity index (χ4v) is 4.68. The van der Waals surface area contributed by atoms with Crippen LogP contribution in [0.4, 0.5) is 11.4 Å². The number of hydrogen-bond acceptors (Lipinski definition) is 9. The zero-order valence-corrected chi connectivity index (χ0v) is 29.6. The maximum atomic E-state index is 10.9. The Morgan fingerprint density at radius 3 is 1.43 bits per heavy atom. The van der Waals surface area contributed by atoms with Gasteiger partial charge in [-0.3, -0.25) is 9.98 Å². The van der Waals surface area contributed by atoms with E-state index >= 15 is 0 Å². The van der Waals surface area contributed by atoms with E-state index in [0.29, 0.717) is 28.3 Å². The van der Waals surface area contributed by atoms with E-state index in [0.717, 1.165) is 76.3 Å². The first-order valence-electron chi connectivity index (χ1n) is 15.7. The molecule has 47 heavy (non-hydrogen) atoms. The Bertz CT molecular complexity index is 1470. The van der Waals surface area contributed by atoms with Crippen molar-refractivity contribution in [3.8, 4) is 17.2 Å². The van der Waals surface area contributed by atoms with Gasteiger partial charge in [0.15, 0.2) is 0 Å². The summed E-state index contributed by atoms with van der Waals surface area (Å²) in [5.41, 5.74) is 6.99. The second-order valence-electron chi connectivity index (χ2n) is 10.7. The normalized spacial score (nSPS) is 10.4. The first-order chi connectivity index (χ1) is 21.9. The van der Waals surface area contributed by atoms with Gasteiger partial charge >= 0.3 is 16.8 Å². The first kappa shape index (κ1) is 42.8. The van der Waals surface area contributed by atoms with E-state index in [9.17, 15) is 10.2 Å². The molecule has 0 bridgehead atoms. The molecule has 0 aliphatic carbocycles. The smallest absolute Gasteiger partial charge is 0.550 e. The summed E-state index contributed by atoms with van der Waals surface area (Å²) in [5, 5.41) is 39.6. The van der Waals surface area contributed by atoms with Crippen molar-refractivity contribution in [3.63, 3.8) is 0 Å². The molecule has 0 aliphatic rings. The minimum atomic E-state index is -1.08. The number of carboxylic acid groups (broad SMARTS) is 2. The zero-order valence-electron chi connectivity index (χ0n) is 28.5.